The number of methoxy groups -OCH3 is 1. The molecule has 3 rings (SSSR count). The van der Waals surface area contributed by atoms with Gasteiger partial charge in [0.1, 0.15) is 23.1 Å². The monoisotopic (exact) mass is 341 g/mol. The Morgan fingerprint density at radius 2 is 1.96 bits per heavy atom. The summed E-state index contributed by atoms with van der Waals surface area (Å²) in [5.41, 5.74) is 2.25. The van der Waals surface area contributed by atoms with Crippen molar-refractivity contribution in [2.75, 3.05) is 31.7 Å². The number of hydrogen-bond donors (Lipinski definition) is 0. The highest BCUT2D eigenvalue weighted by atomic mass is 16.5. The summed E-state index contributed by atoms with van der Waals surface area (Å²) in [6.45, 7) is 8.86. The normalized spacial score (nSPS) is 17.4. The van der Waals surface area contributed by atoms with Gasteiger partial charge in [0.25, 0.3) is 0 Å². The highest BCUT2D eigenvalue weighted by Gasteiger charge is 2.23. The maximum absolute atomic E-state index is 6.01. The van der Waals surface area contributed by atoms with Crippen LogP contribution in [0.1, 0.15) is 29.9 Å². The number of piperidine rings is 1. The average Bonchev–Trinajstić information content (AvgIpc) is 2.63. The van der Waals surface area contributed by atoms with Crippen molar-refractivity contribution in [1.82, 2.24) is 9.97 Å². The Balaban J connectivity index is 1.65. The van der Waals surface area contributed by atoms with Gasteiger partial charge in [-0.25, -0.2) is 9.97 Å². The summed E-state index contributed by atoms with van der Waals surface area (Å²) in [5.74, 6) is 4.10. The van der Waals surface area contributed by atoms with Gasteiger partial charge in [-0.3, -0.25) is 0 Å². The highest BCUT2D eigenvalue weighted by Crippen LogP contribution is 2.27. The van der Waals surface area contributed by atoms with E-state index in [1.807, 2.05) is 31.2 Å². The first-order valence-corrected chi connectivity index (χ1v) is 8.90. The van der Waals surface area contributed by atoms with Gasteiger partial charge in [-0.15, -0.1) is 0 Å². The number of rotatable bonds is 5. The van der Waals surface area contributed by atoms with Crippen LogP contribution >= 0.6 is 0 Å². The van der Waals surface area contributed by atoms with E-state index in [4.69, 9.17) is 14.5 Å². The third-order valence-electron chi connectivity index (χ3n) is 4.82. The number of nitrogens with zero attached hydrogens (tertiary/aromatic N) is 3. The van der Waals surface area contributed by atoms with Gasteiger partial charge in [-0.05, 0) is 45.7 Å². The molecule has 1 aliphatic heterocycles. The summed E-state index contributed by atoms with van der Waals surface area (Å²) in [6, 6.07) is 7.79. The second-order valence-corrected chi connectivity index (χ2v) is 6.75. The zero-order valence-corrected chi connectivity index (χ0v) is 15.6. The molecular formula is C20H27N3O2. The van der Waals surface area contributed by atoms with Crippen LogP contribution in [0.2, 0.25) is 0 Å². The molecule has 0 radical (unpaired) electrons. The van der Waals surface area contributed by atoms with Crippen molar-refractivity contribution in [2.24, 2.45) is 5.92 Å². The number of benzene rings is 1. The number of hydrogen-bond acceptors (Lipinski definition) is 5. The average molecular weight is 341 g/mol. The topological polar surface area (TPSA) is 47.5 Å². The lowest BCUT2D eigenvalue weighted by molar-refractivity contribution is 0.227. The number of anilines is 1. The number of aryl methyl sites for hydroxylation is 2. The van der Waals surface area contributed by atoms with Gasteiger partial charge in [-0.1, -0.05) is 6.07 Å². The lowest BCUT2D eigenvalue weighted by atomic mass is 9.98. The second-order valence-electron chi connectivity index (χ2n) is 6.75. The minimum absolute atomic E-state index is 0.495. The van der Waals surface area contributed by atoms with Gasteiger partial charge in [0.2, 0.25) is 0 Å². The Labute approximate surface area is 150 Å². The number of aromatic nitrogens is 2. The molecule has 1 saturated heterocycles. The molecule has 134 valence electrons. The number of ether oxygens (including phenoxy) is 2. The molecule has 0 bridgehead atoms. The van der Waals surface area contributed by atoms with Crippen LogP contribution in [0.3, 0.4) is 0 Å². The molecule has 1 aromatic heterocycles. The maximum Gasteiger partial charge on any atom is 0.135 e. The first-order chi connectivity index (χ1) is 12.1. The van der Waals surface area contributed by atoms with E-state index in [2.05, 4.69) is 23.7 Å². The van der Waals surface area contributed by atoms with Crippen LogP contribution in [0.15, 0.2) is 24.3 Å². The van der Waals surface area contributed by atoms with Crippen LogP contribution in [0.5, 0.6) is 11.5 Å². The third kappa shape index (κ3) is 4.21. The van der Waals surface area contributed by atoms with Crippen LogP contribution in [-0.2, 0) is 0 Å². The van der Waals surface area contributed by atoms with E-state index in [-0.39, 0.29) is 0 Å². The Bertz CT molecular complexity index is 733. The summed E-state index contributed by atoms with van der Waals surface area (Å²) >= 11 is 0. The summed E-state index contributed by atoms with van der Waals surface area (Å²) in [7, 11) is 1.67. The molecule has 5 nitrogen and oxygen atoms in total. The highest BCUT2D eigenvalue weighted by molar-refractivity contribution is 5.48. The summed E-state index contributed by atoms with van der Waals surface area (Å²) in [5, 5.41) is 0. The Morgan fingerprint density at radius 3 is 2.76 bits per heavy atom. The van der Waals surface area contributed by atoms with Crippen molar-refractivity contribution in [3.63, 3.8) is 0 Å². The van der Waals surface area contributed by atoms with Crippen molar-refractivity contribution >= 4 is 5.82 Å². The summed E-state index contributed by atoms with van der Waals surface area (Å²) in [6.07, 6.45) is 2.34. The van der Waals surface area contributed by atoms with E-state index in [0.29, 0.717) is 12.5 Å². The fourth-order valence-corrected chi connectivity index (χ4v) is 3.36. The Kier molecular flexibility index (Phi) is 5.41. The van der Waals surface area contributed by atoms with Crippen molar-refractivity contribution in [1.29, 1.82) is 0 Å². The molecule has 1 aromatic carbocycles. The van der Waals surface area contributed by atoms with Crippen molar-refractivity contribution < 1.29 is 9.47 Å². The molecule has 25 heavy (non-hydrogen) atoms. The minimum atomic E-state index is 0.495. The van der Waals surface area contributed by atoms with Crippen molar-refractivity contribution in [3.05, 3.63) is 41.3 Å². The molecular weight excluding hydrogens is 314 g/mol. The smallest absolute Gasteiger partial charge is 0.135 e. The molecule has 0 aliphatic carbocycles. The molecule has 0 amide bonds. The van der Waals surface area contributed by atoms with Crippen LogP contribution < -0.4 is 14.4 Å². The van der Waals surface area contributed by atoms with E-state index >= 15 is 0 Å². The SMILES string of the molecule is COc1cccc(OC[C@H]2CCCN(c3nc(C)nc(C)c3C)C2)c1. The first-order valence-electron chi connectivity index (χ1n) is 8.90. The quantitative estimate of drug-likeness (QED) is 0.830. The zero-order chi connectivity index (χ0) is 17.8. The molecule has 1 fully saturated rings. The van der Waals surface area contributed by atoms with Gasteiger partial charge in [0.15, 0.2) is 0 Å². The fourth-order valence-electron chi connectivity index (χ4n) is 3.36. The van der Waals surface area contributed by atoms with Crippen LogP contribution in [0.25, 0.3) is 0 Å². The molecule has 2 aromatic rings. The lowest BCUT2D eigenvalue weighted by Crippen LogP contribution is -2.38. The van der Waals surface area contributed by atoms with Gasteiger partial charge in [0.05, 0.1) is 13.7 Å². The fraction of sp³-hybridized carbons (Fsp3) is 0.500. The van der Waals surface area contributed by atoms with E-state index in [1.54, 1.807) is 7.11 Å². The molecule has 0 N–H and O–H groups in total. The maximum atomic E-state index is 6.01. The predicted molar refractivity (Wildman–Crippen MR) is 99.7 cm³/mol. The van der Waals surface area contributed by atoms with Crippen molar-refractivity contribution in [3.8, 4) is 11.5 Å². The summed E-state index contributed by atoms with van der Waals surface area (Å²) < 4.78 is 11.3. The standard InChI is InChI=1S/C20H27N3O2/c1-14-15(2)21-16(3)22-20(14)23-10-6-7-17(12-23)13-25-19-9-5-8-18(11-19)24-4/h5,8-9,11,17H,6-7,10,12-13H2,1-4H3/t17-/m0/s1. The van der Waals surface area contributed by atoms with Crippen molar-refractivity contribution in [2.45, 2.75) is 33.6 Å². The zero-order valence-electron chi connectivity index (χ0n) is 15.6. The van der Waals surface area contributed by atoms with Crippen LogP contribution in [0.4, 0.5) is 5.82 Å². The predicted octanol–water partition coefficient (Wildman–Crippen LogP) is 3.71. The summed E-state index contributed by atoms with van der Waals surface area (Å²) in [4.78, 5) is 11.5. The first kappa shape index (κ1) is 17.5. The molecule has 0 spiro atoms. The van der Waals surface area contributed by atoms with Crippen LogP contribution in [-0.4, -0.2) is 36.8 Å². The van der Waals surface area contributed by atoms with Gasteiger partial charge in [-0.2, -0.15) is 0 Å². The lowest BCUT2D eigenvalue weighted by Gasteiger charge is -2.34. The molecule has 1 aliphatic rings. The largest absolute Gasteiger partial charge is 0.497 e. The molecule has 0 unspecified atom stereocenters. The van der Waals surface area contributed by atoms with E-state index in [0.717, 1.165) is 48.3 Å². The van der Waals surface area contributed by atoms with Gasteiger partial charge in [0, 0.05) is 36.3 Å². The van der Waals surface area contributed by atoms with Crippen LogP contribution in [0, 0.1) is 26.7 Å². The molecule has 0 saturated carbocycles. The van der Waals surface area contributed by atoms with E-state index in [1.165, 1.54) is 12.0 Å². The Hall–Kier alpha value is -2.30. The van der Waals surface area contributed by atoms with Gasteiger partial charge < -0.3 is 14.4 Å². The molecule has 5 heteroatoms. The molecule has 1 atom stereocenters. The van der Waals surface area contributed by atoms with E-state index < -0.39 is 0 Å². The molecule has 2 heterocycles. The Morgan fingerprint density at radius 1 is 1.16 bits per heavy atom. The third-order valence-corrected chi connectivity index (χ3v) is 4.82. The minimum Gasteiger partial charge on any atom is -0.497 e. The second kappa shape index (κ2) is 7.72. The van der Waals surface area contributed by atoms with E-state index in [9.17, 15) is 0 Å². The van der Waals surface area contributed by atoms with Gasteiger partial charge >= 0.3 is 0 Å².